The van der Waals surface area contributed by atoms with Crippen LogP contribution in [0.15, 0.2) is 42.5 Å². The van der Waals surface area contributed by atoms with Gasteiger partial charge in [0.2, 0.25) is 11.8 Å². The van der Waals surface area contributed by atoms with Crippen molar-refractivity contribution in [3.63, 3.8) is 0 Å². The molecular formula is C27H36N2O3. The third-order valence-electron chi connectivity index (χ3n) is 6.53. The van der Waals surface area contributed by atoms with Gasteiger partial charge in [-0.05, 0) is 68.0 Å². The first-order valence-electron chi connectivity index (χ1n) is 11.7. The lowest BCUT2D eigenvalue weighted by molar-refractivity contribution is -0.140. The minimum atomic E-state index is -0.554. The molecule has 2 amide bonds. The molecule has 1 saturated carbocycles. The standard InChI is InChI=1S/C27H36N2O3/c1-19-13-14-22(15-20(19)2)17-26(30)29(18-23-9-8-12-25(16-23)32-4)21(3)27(31)28-24-10-6-5-7-11-24/h8-9,12-16,21,24H,5-7,10-11,17-18H2,1-4H3,(H,28,31)/t21-/m1/s1. The van der Waals surface area contributed by atoms with Gasteiger partial charge in [-0.3, -0.25) is 9.59 Å². The van der Waals surface area contributed by atoms with Gasteiger partial charge in [-0.15, -0.1) is 0 Å². The van der Waals surface area contributed by atoms with Crippen molar-refractivity contribution in [2.45, 2.75) is 77.9 Å². The summed E-state index contributed by atoms with van der Waals surface area (Å²) in [7, 11) is 1.63. The first-order valence-corrected chi connectivity index (χ1v) is 11.7. The van der Waals surface area contributed by atoms with Gasteiger partial charge < -0.3 is 15.0 Å². The second kappa shape index (κ2) is 11.2. The van der Waals surface area contributed by atoms with Gasteiger partial charge in [0.1, 0.15) is 11.8 Å². The quantitative estimate of drug-likeness (QED) is 0.651. The van der Waals surface area contributed by atoms with E-state index in [1.807, 2.05) is 43.3 Å². The minimum Gasteiger partial charge on any atom is -0.497 e. The highest BCUT2D eigenvalue weighted by Gasteiger charge is 2.28. The van der Waals surface area contributed by atoms with Crippen LogP contribution in [0.4, 0.5) is 0 Å². The van der Waals surface area contributed by atoms with Gasteiger partial charge in [0.25, 0.3) is 0 Å². The molecule has 1 atom stereocenters. The normalized spacial score (nSPS) is 15.1. The molecule has 32 heavy (non-hydrogen) atoms. The summed E-state index contributed by atoms with van der Waals surface area (Å²) in [6, 6.07) is 13.4. The summed E-state index contributed by atoms with van der Waals surface area (Å²) in [4.78, 5) is 28.2. The van der Waals surface area contributed by atoms with E-state index in [1.54, 1.807) is 12.0 Å². The van der Waals surface area contributed by atoms with E-state index in [-0.39, 0.29) is 24.3 Å². The number of benzene rings is 2. The fraction of sp³-hybridized carbons (Fsp3) is 0.481. The van der Waals surface area contributed by atoms with Gasteiger partial charge >= 0.3 is 0 Å². The lowest BCUT2D eigenvalue weighted by Gasteiger charge is -2.31. The maximum Gasteiger partial charge on any atom is 0.242 e. The Kier molecular flexibility index (Phi) is 8.32. The monoisotopic (exact) mass is 436 g/mol. The molecule has 2 aromatic carbocycles. The third kappa shape index (κ3) is 6.35. The van der Waals surface area contributed by atoms with Crippen LogP contribution >= 0.6 is 0 Å². The summed E-state index contributed by atoms with van der Waals surface area (Å²) in [6.07, 6.45) is 5.84. The van der Waals surface area contributed by atoms with E-state index in [0.717, 1.165) is 48.1 Å². The molecule has 3 rings (SSSR count). The minimum absolute atomic E-state index is 0.0534. The summed E-state index contributed by atoms with van der Waals surface area (Å²) in [5.74, 6) is 0.610. The Morgan fingerprint density at radius 3 is 2.47 bits per heavy atom. The summed E-state index contributed by atoms with van der Waals surface area (Å²) in [6.45, 7) is 6.31. The van der Waals surface area contributed by atoms with Crippen molar-refractivity contribution < 1.29 is 14.3 Å². The Labute approximate surface area is 192 Å². The van der Waals surface area contributed by atoms with Crippen molar-refractivity contribution in [3.05, 3.63) is 64.7 Å². The molecular weight excluding hydrogens is 400 g/mol. The maximum atomic E-state index is 13.4. The summed E-state index contributed by atoms with van der Waals surface area (Å²) < 4.78 is 5.34. The predicted octanol–water partition coefficient (Wildman–Crippen LogP) is 4.72. The van der Waals surface area contributed by atoms with Crippen molar-refractivity contribution in [2.75, 3.05) is 7.11 Å². The molecule has 0 aromatic heterocycles. The predicted molar refractivity (Wildman–Crippen MR) is 128 cm³/mol. The molecule has 0 bridgehead atoms. The Hall–Kier alpha value is -2.82. The molecule has 5 heteroatoms. The number of carbonyl (C=O) groups excluding carboxylic acids is 2. The van der Waals surface area contributed by atoms with Crippen molar-refractivity contribution in [1.29, 1.82) is 0 Å². The van der Waals surface area contributed by atoms with E-state index in [2.05, 4.69) is 25.2 Å². The number of nitrogens with zero attached hydrogens (tertiary/aromatic N) is 1. The molecule has 5 nitrogen and oxygen atoms in total. The highest BCUT2D eigenvalue weighted by atomic mass is 16.5. The topological polar surface area (TPSA) is 58.6 Å². The fourth-order valence-electron chi connectivity index (χ4n) is 4.31. The van der Waals surface area contributed by atoms with E-state index in [9.17, 15) is 9.59 Å². The molecule has 1 N–H and O–H groups in total. The number of hydrogen-bond donors (Lipinski definition) is 1. The number of amides is 2. The van der Waals surface area contributed by atoms with Gasteiger partial charge in [0, 0.05) is 12.6 Å². The zero-order valence-electron chi connectivity index (χ0n) is 19.8. The highest BCUT2D eigenvalue weighted by molar-refractivity contribution is 5.88. The molecule has 1 fully saturated rings. The lowest BCUT2D eigenvalue weighted by atomic mass is 9.95. The van der Waals surface area contributed by atoms with Crippen LogP contribution in [0.5, 0.6) is 5.75 Å². The van der Waals surface area contributed by atoms with Gasteiger partial charge in [0.15, 0.2) is 0 Å². The summed E-state index contributed by atoms with van der Waals surface area (Å²) >= 11 is 0. The average molecular weight is 437 g/mol. The number of hydrogen-bond acceptors (Lipinski definition) is 3. The van der Waals surface area contributed by atoms with Crippen molar-refractivity contribution in [3.8, 4) is 5.75 Å². The van der Waals surface area contributed by atoms with Crippen LogP contribution in [-0.2, 0) is 22.6 Å². The molecule has 1 aliphatic rings. The molecule has 0 unspecified atom stereocenters. The third-order valence-corrected chi connectivity index (χ3v) is 6.53. The van der Waals surface area contributed by atoms with Crippen LogP contribution in [0.25, 0.3) is 0 Å². The van der Waals surface area contributed by atoms with Crippen LogP contribution in [0.1, 0.15) is 61.3 Å². The summed E-state index contributed by atoms with van der Waals surface area (Å²) in [5.41, 5.74) is 4.27. The Morgan fingerprint density at radius 2 is 1.78 bits per heavy atom. The first-order chi connectivity index (χ1) is 15.4. The lowest BCUT2D eigenvalue weighted by Crippen LogP contribution is -2.50. The Bertz CT molecular complexity index is 934. The van der Waals surface area contributed by atoms with E-state index in [0.29, 0.717) is 6.54 Å². The summed E-state index contributed by atoms with van der Waals surface area (Å²) in [5, 5.41) is 3.19. The first kappa shape index (κ1) is 23.8. The van der Waals surface area contributed by atoms with Gasteiger partial charge in [-0.2, -0.15) is 0 Å². The van der Waals surface area contributed by atoms with Gasteiger partial charge in [0.05, 0.1) is 13.5 Å². The van der Waals surface area contributed by atoms with E-state index < -0.39 is 6.04 Å². The maximum absolute atomic E-state index is 13.4. The van der Waals surface area contributed by atoms with Crippen LogP contribution < -0.4 is 10.1 Å². The Morgan fingerprint density at radius 1 is 1.03 bits per heavy atom. The number of ether oxygens (including phenoxy) is 1. The van der Waals surface area contributed by atoms with Crippen LogP contribution in [0, 0.1) is 13.8 Å². The smallest absolute Gasteiger partial charge is 0.242 e. The Balaban J connectivity index is 1.79. The molecule has 0 aliphatic heterocycles. The second-order valence-electron chi connectivity index (χ2n) is 8.99. The molecule has 0 saturated heterocycles. The largest absolute Gasteiger partial charge is 0.497 e. The fourth-order valence-corrected chi connectivity index (χ4v) is 4.31. The van der Waals surface area contributed by atoms with E-state index >= 15 is 0 Å². The number of nitrogens with one attached hydrogen (secondary N) is 1. The number of rotatable bonds is 8. The van der Waals surface area contributed by atoms with Crippen molar-refractivity contribution in [2.24, 2.45) is 0 Å². The molecule has 2 aromatic rings. The number of carbonyl (C=O) groups is 2. The van der Waals surface area contributed by atoms with Gasteiger partial charge in [-0.25, -0.2) is 0 Å². The van der Waals surface area contributed by atoms with Crippen LogP contribution in [0.3, 0.4) is 0 Å². The molecule has 1 aliphatic carbocycles. The molecule has 0 radical (unpaired) electrons. The SMILES string of the molecule is COc1cccc(CN(C(=O)Cc2ccc(C)c(C)c2)[C@H](C)C(=O)NC2CCCCC2)c1. The molecule has 172 valence electrons. The zero-order chi connectivity index (χ0) is 23.1. The average Bonchev–Trinajstić information content (AvgIpc) is 2.80. The second-order valence-corrected chi connectivity index (χ2v) is 8.99. The zero-order valence-corrected chi connectivity index (χ0v) is 19.8. The van der Waals surface area contributed by atoms with Crippen LogP contribution in [-0.4, -0.2) is 35.9 Å². The molecule has 0 spiro atoms. The van der Waals surface area contributed by atoms with Crippen LogP contribution in [0.2, 0.25) is 0 Å². The van der Waals surface area contributed by atoms with E-state index in [1.165, 1.54) is 12.0 Å². The van der Waals surface area contributed by atoms with Crippen molar-refractivity contribution >= 4 is 11.8 Å². The number of aryl methyl sites for hydroxylation is 2. The van der Waals surface area contributed by atoms with Gasteiger partial charge in [-0.1, -0.05) is 49.6 Å². The van der Waals surface area contributed by atoms with Crippen molar-refractivity contribution in [1.82, 2.24) is 10.2 Å². The highest BCUT2D eigenvalue weighted by Crippen LogP contribution is 2.20. The van der Waals surface area contributed by atoms with E-state index in [4.69, 9.17) is 4.74 Å². The number of methoxy groups -OCH3 is 1. The molecule has 0 heterocycles.